The predicted octanol–water partition coefficient (Wildman–Crippen LogP) is 12.4. The number of rotatable bonds is 5. The molecule has 0 nitrogen and oxygen atoms in total. The van der Waals surface area contributed by atoms with E-state index in [0.29, 0.717) is 0 Å². The van der Waals surface area contributed by atoms with Gasteiger partial charge in [0, 0.05) is 20.2 Å². The Kier molecular flexibility index (Phi) is 7.08. The van der Waals surface area contributed by atoms with E-state index in [9.17, 15) is 0 Å². The quantitative estimate of drug-likeness (QED) is 0.176. The van der Waals surface area contributed by atoms with Gasteiger partial charge in [-0.3, -0.25) is 0 Å². The van der Waals surface area contributed by atoms with Crippen LogP contribution in [-0.4, -0.2) is 0 Å². The maximum atomic E-state index is 4.76. The highest BCUT2D eigenvalue weighted by Gasteiger charge is 2.16. The zero-order valence-electron chi connectivity index (χ0n) is 27.0. The number of hydrogen-bond acceptors (Lipinski definition) is 1. The van der Waals surface area contributed by atoms with Gasteiger partial charge in [-0.1, -0.05) is 171 Å². The molecule has 1 heteroatoms. The first-order valence-corrected chi connectivity index (χ1v) is 17.5. The van der Waals surface area contributed by atoms with Crippen LogP contribution >= 0.6 is 11.3 Å². The van der Waals surface area contributed by atoms with E-state index in [1.165, 1.54) is 69.5 Å². The van der Waals surface area contributed by atoms with E-state index in [1.54, 1.807) is 0 Å². The highest BCUT2D eigenvalue weighted by atomic mass is 32.1. The summed E-state index contributed by atoms with van der Waals surface area (Å²) in [5, 5.41) is 9.64. The maximum Gasteiger partial charge on any atom is 0.0433 e. The molecule has 49 heavy (non-hydrogen) atoms. The van der Waals surface area contributed by atoms with Crippen molar-refractivity contribution in [3.63, 3.8) is 0 Å². The van der Waals surface area contributed by atoms with Gasteiger partial charge in [0.25, 0.3) is 0 Å². The molecule has 0 radical (unpaired) electrons. The highest BCUT2D eigenvalue weighted by Crippen LogP contribution is 2.41. The molecule has 0 amide bonds. The normalized spacial score (nSPS) is 12.0. The van der Waals surface area contributed by atoms with Crippen molar-refractivity contribution in [2.75, 3.05) is 0 Å². The molecule has 1 heterocycles. The monoisotopic (exact) mass is 640 g/mol. The summed E-state index contributed by atoms with van der Waals surface area (Å²) in [6, 6.07) is 57.2. The molecule has 9 aromatic rings. The van der Waals surface area contributed by atoms with Crippen LogP contribution in [0.1, 0.15) is 0 Å². The van der Waals surface area contributed by atoms with E-state index in [-0.39, 0.29) is 0 Å². The Hall–Kier alpha value is -6.02. The maximum absolute atomic E-state index is 4.76. The van der Waals surface area contributed by atoms with Crippen LogP contribution in [0.5, 0.6) is 0 Å². The van der Waals surface area contributed by atoms with Gasteiger partial charge in [0.15, 0.2) is 0 Å². The van der Waals surface area contributed by atoms with E-state index in [2.05, 4.69) is 170 Å². The van der Waals surface area contributed by atoms with Crippen molar-refractivity contribution in [2.24, 2.45) is 0 Å². The third kappa shape index (κ3) is 4.82. The van der Waals surface area contributed by atoms with Crippen LogP contribution in [0, 0.1) is 0 Å². The van der Waals surface area contributed by atoms with E-state index in [0.717, 1.165) is 27.1 Å². The van der Waals surface area contributed by atoms with Crippen LogP contribution in [0.25, 0.3) is 98.9 Å². The first-order valence-electron chi connectivity index (χ1n) is 16.7. The van der Waals surface area contributed by atoms with Crippen LogP contribution in [-0.2, 0) is 0 Å². The van der Waals surface area contributed by atoms with Crippen LogP contribution in [0.2, 0.25) is 0 Å². The summed E-state index contributed by atoms with van der Waals surface area (Å²) >= 11 is 1.87. The molecule has 0 saturated heterocycles. The lowest BCUT2D eigenvalue weighted by molar-refractivity contribution is 1.52. The van der Waals surface area contributed by atoms with Crippen molar-refractivity contribution in [1.29, 1.82) is 0 Å². The molecule has 0 aliphatic rings. The van der Waals surface area contributed by atoms with Crippen LogP contribution in [0.15, 0.2) is 170 Å². The van der Waals surface area contributed by atoms with Crippen molar-refractivity contribution < 1.29 is 0 Å². The first kappa shape index (κ1) is 29.1. The summed E-state index contributed by atoms with van der Waals surface area (Å²) < 4.78 is 2.64. The minimum Gasteiger partial charge on any atom is -0.135 e. The molecule has 1 aromatic heterocycles. The van der Waals surface area contributed by atoms with E-state index in [4.69, 9.17) is 6.58 Å². The summed E-state index contributed by atoms with van der Waals surface area (Å²) in [4.78, 5) is 0. The standard InChI is InChI=1S/C48H32S/c1-3-13-37-31(2)46(36-17-10-16-35(30-36)40-23-12-24-44-41-19-8-9-25-45(41)49-48(40)44)42-20-6-7-21-43(42)47(37)34-28-26-33(27-29-34)39-22-11-15-32-14-4-5-18-38(32)39/h3-30H,1-2H2/b37-13+. The lowest BCUT2D eigenvalue weighted by Crippen LogP contribution is -2.28. The Bertz CT molecular complexity index is 2850. The fraction of sp³-hybridized carbons (Fsp3) is 0. The number of allylic oxidation sites excluding steroid dienone is 1. The molecule has 0 spiro atoms. The molecular formula is C48H32S. The number of hydrogen-bond donors (Lipinski definition) is 0. The second-order valence-corrected chi connectivity index (χ2v) is 13.6. The van der Waals surface area contributed by atoms with Crippen molar-refractivity contribution >= 4 is 65.7 Å². The summed E-state index contributed by atoms with van der Waals surface area (Å²) in [6.07, 6.45) is 4.00. The molecule has 0 atom stereocenters. The Balaban J connectivity index is 1.22. The van der Waals surface area contributed by atoms with Crippen molar-refractivity contribution in [2.45, 2.75) is 0 Å². The van der Waals surface area contributed by atoms with Gasteiger partial charge < -0.3 is 0 Å². The lowest BCUT2D eigenvalue weighted by atomic mass is 9.87. The Morgan fingerprint density at radius 2 is 1.04 bits per heavy atom. The molecule has 0 bridgehead atoms. The van der Waals surface area contributed by atoms with Gasteiger partial charge in [-0.25, -0.2) is 0 Å². The fourth-order valence-electron chi connectivity index (χ4n) is 7.57. The number of fused-ring (bicyclic) bond motifs is 5. The smallest absolute Gasteiger partial charge is 0.0433 e. The molecule has 8 aromatic carbocycles. The average Bonchev–Trinajstić information content (AvgIpc) is 3.54. The van der Waals surface area contributed by atoms with Crippen LogP contribution in [0.3, 0.4) is 0 Å². The Morgan fingerprint density at radius 3 is 1.86 bits per heavy atom. The van der Waals surface area contributed by atoms with Crippen molar-refractivity contribution in [3.8, 4) is 44.5 Å². The topological polar surface area (TPSA) is 0 Å². The zero-order chi connectivity index (χ0) is 32.9. The van der Waals surface area contributed by atoms with Gasteiger partial charge in [0.1, 0.15) is 0 Å². The fourth-order valence-corrected chi connectivity index (χ4v) is 8.80. The molecule has 0 unspecified atom stereocenters. The summed E-state index contributed by atoms with van der Waals surface area (Å²) in [5.74, 6) is 0. The van der Waals surface area contributed by atoms with E-state index in [1.807, 2.05) is 17.4 Å². The number of thiophene rings is 1. The summed E-state index contributed by atoms with van der Waals surface area (Å²) in [7, 11) is 0. The highest BCUT2D eigenvalue weighted by molar-refractivity contribution is 7.26. The molecular weight excluding hydrogens is 609 g/mol. The molecule has 0 aliphatic carbocycles. The third-order valence-electron chi connectivity index (χ3n) is 9.79. The van der Waals surface area contributed by atoms with Gasteiger partial charge in [0.2, 0.25) is 0 Å². The largest absolute Gasteiger partial charge is 0.135 e. The summed E-state index contributed by atoms with van der Waals surface area (Å²) in [6.45, 7) is 8.87. The molecule has 9 rings (SSSR count). The predicted molar refractivity (Wildman–Crippen MR) is 216 cm³/mol. The van der Waals surface area contributed by atoms with E-state index >= 15 is 0 Å². The third-order valence-corrected chi connectivity index (χ3v) is 11.0. The minimum atomic E-state index is 1.00. The first-order chi connectivity index (χ1) is 24.2. The van der Waals surface area contributed by atoms with Gasteiger partial charge in [-0.05, 0) is 88.6 Å². The molecule has 0 saturated carbocycles. The van der Waals surface area contributed by atoms with Gasteiger partial charge in [0.05, 0.1) is 0 Å². The SMILES string of the molecule is C=C/C=c1/c(-c2ccc(-c3cccc4ccccc34)cc2)c2ccccc2c(-c2cccc(-c3cccc4c3sc3ccccc34)c2)c1=C. The van der Waals surface area contributed by atoms with Crippen molar-refractivity contribution in [1.82, 2.24) is 0 Å². The molecule has 0 aliphatic heterocycles. The molecule has 0 fully saturated rings. The zero-order valence-corrected chi connectivity index (χ0v) is 27.8. The minimum absolute atomic E-state index is 1.00. The van der Waals surface area contributed by atoms with Gasteiger partial charge in [-0.15, -0.1) is 11.3 Å². The number of benzene rings is 8. The second kappa shape index (κ2) is 11.9. The summed E-state index contributed by atoms with van der Waals surface area (Å²) in [5.41, 5.74) is 9.58. The van der Waals surface area contributed by atoms with Gasteiger partial charge in [-0.2, -0.15) is 0 Å². The van der Waals surface area contributed by atoms with Crippen LogP contribution in [0.4, 0.5) is 0 Å². The Labute approximate surface area is 289 Å². The van der Waals surface area contributed by atoms with Gasteiger partial charge >= 0.3 is 0 Å². The van der Waals surface area contributed by atoms with Crippen LogP contribution < -0.4 is 10.4 Å². The average molecular weight is 641 g/mol. The van der Waals surface area contributed by atoms with Crippen molar-refractivity contribution in [3.05, 3.63) is 181 Å². The van der Waals surface area contributed by atoms with E-state index < -0.39 is 0 Å². The molecule has 230 valence electrons. The second-order valence-electron chi connectivity index (χ2n) is 12.6. The Morgan fingerprint density at radius 1 is 0.449 bits per heavy atom. The molecule has 0 N–H and O–H groups in total. The lowest BCUT2D eigenvalue weighted by Gasteiger charge is -2.16.